The van der Waals surface area contributed by atoms with Crippen LogP contribution in [0.2, 0.25) is 0 Å². The molecule has 1 aliphatic rings. The van der Waals surface area contributed by atoms with Gasteiger partial charge in [0, 0.05) is 42.1 Å². The van der Waals surface area contributed by atoms with Gasteiger partial charge in [0.1, 0.15) is 11.9 Å². The Kier molecular flexibility index (Phi) is 6.87. The maximum atomic E-state index is 13.0. The summed E-state index contributed by atoms with van der Waals surface area (Å²) in [6, 6.07) is 18.5. The van der Waals surface area contributed by atoms with Crippen LogP contribution in [-0.2, 0) is 11.3 Å². The largest absolute Gasteiger partial charge is 0.467 e. The molecule has 7 nitrogen and oxygen atoms in total. The van der Waals surface area contributed by atoms with E-state index in [9.17, 15) is 9.59 Å². The number of ether oxygens (including phenoxy) is 1. The van der Waals surface area contributed by atoms with E-state index < -0.39 is 0 Å². The normalized spacial score (nSPS) is 15.0. The quantitative estimate of drug-likeness (QED) is 0.468. The molecule has 3 aromatic rings. The Balaban J connectivity index is 1.48. The molecule has 2 amide bonds. The van der Waals surface area contributed by atoms with Crippen LogP contribution in [0.1, 0.15) is 51.6 Å². The highest BCUT2D eigenvalue weighted by atomic mass is 16.5. The Hall–Kier alpha value is -3.58. The van der Waals surface area contributed by atoms with Gasteiger partial charge in [-0.15, -0.1) is 0 Å². The number of amides is 2. The van der Waals surface area contributed by atoms with Crippen molar-refractivity contribution in [2.75, 3.05) is 25.1 Å². The smallest absolute Gasteiger partial charge is 0.256 e. The molecule has 0 radical (unpaired) electrons. The number of rotatable bonds is 10. The van der Waals surface area contributed by atoms with E-state index in [1.54, 1.807) is 24.5 Å². The van der Waals surface area contributed by atoms with Gasteiger partial charge >= 0.3 is 0 Å². The molecule has 0 spiro atoms. The molecule has 0 saturated heterocycles. The maximum Gasteiger partial charge on any atom is 0.256 e. The molecule has 1 aliphatic heterocycles. The molecule has 2 N–H and O–H groups in total. The van der Waals surface area contributed by atoms with Crippen LogP contribution in [-0.4, -0.2) is 36.5 Å². The van der Waals surface area contributed by atoms with Crippen molar-refractivity contribution >= 4 is 17.5 Å². The van der Waals surface area contributed by atoms with E-state index in [1.807, 2.05) is 54.3 Å². The summed E-state index contributed by atoms with van der Waals surface area (Å²) in [6.07, 6.45) is 2.02. The van der Waals surface area contributed by atoms with Gasteiger partial charge in [0.05, 0.1) is 12.8 Å². The lowest BCUT2D eigenvalue weighted by Gasteiger charge is -2.27. The summed E-state index contributed by atoms with van der Waals surface area (Å²) in [5, 5.41) is 6.30. The molecule has 2 aromatic carbocycles. The fraction of sp³-hybridized carbons (Fsp3) is 0.280. The van der Waals surface area contributed by atoms with Gasteiger partial charge in [-0.2, -0.15) is 0 Å². The first-order valence-electron chi connectivity index (χ1n) is 10.8. The summed E-state index contributed by atoms with van der Waals surface area (Å²) < 4.78 is 10.7. The molecule has 1 aromatic heterocycles. The summed E-state index contributed by atoms with van der Waals surface area (Å²) in [7, 11) is 0. The first-order chi connectivity index (χ1) is 15.7. The van der Waals surface area contributed by atoms with Crippen molar-refractivity contribution in [1.82, 2.24) is 10.2 Å². The lowest BCUT2D eigenvalue weighted by atomic mass is 10.1. The zero-order chi connectivity index (χ0) is 22.3. The van der Waals surface area contributed by atoms with Crippen LogP contribution in [0.3, 0.4) is 0 Å². The van der Waals surface area contributed by atoms with E-state index >= 15 is 0 Å². The highest BCUT2D eigenvalue weighted by Crippen LogP contribution is 2.34. The molecule has 0 fully saturated rings. The third kappa shape index (κ3) is 4.84. The fourth-order valence-corrected chi connectivity index (χ4v) is 3.83. The Bertz CT molecular complexity index is 1060. The van der Waals surface area contributed by atoms with Gasteiger partial charge in [0.2, 0.25) is 0 Å². The van der Waals surface area contributed by atoms with Crippen molar-refractivity contribution in [3.05, 3.63) is 89.4 Å². The van der Waals surface area contributed by atoms with Gasteiger partial charge in [-0.3, -0.25) is 9.59 Å². The van der Waals surface area contributed by atoms with Crippen molar-refractivity contribution in [3.63, 3.8) is 0 Å². The van der Waals surface area contributed by atoms with Crippen LogP contribution in [0.4, 0.5) is 5.69 Å². The van der Waals surface area contributed by atoms with Crippen LogP contribution < -0.4 is 10.6 Å². The molecule has 0 aliphatic carbocycles. The first kappa shape index (κ1) is 21.6. The number of carbonyl (C=O) groups excluding carboxylic acids is 2. The predicted molar refractivity (Wildman–Crippen MR) is 121 cm³/mol. The average Bonchev–Trinajstić information content (AvgIpc) is 3.43. The highest BCUT2D eigenvalue weighted by Gasteiger charge is 2.36. The van der Waals surface area contributed by atoms with Crippen molar-refractivity contribution in [1.29, 1.82) is 0 Å². The molecule has 4 rings (SSSR count). The van der Waals surface area contributed by atoms with E-state index in [2.05, 4.69) is 10.6 Å². The second kappa shape index (κ2) is 10.2. The van der Waals surface area contributed by atoms with E-state index in [0.717, 1.165) is 17.7 Å². The molecular formula is C25H27N3O4. The highest BCUT2D eigenvalue weighted by molar-refractivity contribution is 5.99. The zero-order valence-electron chi connectivity index (χ0n) is 18.0. The van der Waals surface area contributed by atoms with Crippen LogP contribution in [0, 0.1) is 0 Å². The maximum absolute atomic E-state index is 13.0. The minimum absolute atomic E-state index is 0.00180. The molecule has 1 atom stereocenters. The Labute approximate surface area is 187 Å². The second-order valence-corrected chi connectivity index (χ2v) is 7.53. The van der Waals surface area contributed by atoms with Gasteiger partial charge in [0.25, 0.3) is 11.8 Å². The third-order valence-electron chi connectivity index (χ3n) is 5.38. The molecule has 32 heavy (non-hydrogen) atoms. The van der Waals surface area contributed by atoms with Gasteiger partial charge < -0.3 is 24.7 Å². The number of benzene rings is 2. The molecule has 7 heteroatoms. The summed E-state index contributed by atoms with van der Waals surface area (Å²) in [5.74, 6) is 0.500. The summed E-state index contributed by atoms with van der Waals surface area (Å²) in [5.41, 5.74) is 2.93. The lowest BCUT2D eigenvalue weighted by molar-refractivity contribution is 0.0708. The Morgan fingerprint density at radius 2 is 2.00 bits per heavy atom. The van der Waals surface area contributed by atoms with Crippen LogP contribution in [0.5, 0.6) is 0 Å². The summed E-state index contributed by atoms with van der Waals surface area (Å²) >= 11 is 0. The third-order valence-corrected chi connectivity index (χ3v) is 5.38. The lowest BCUT2D eigenvalue weighted by Crippen LogP contribution is -2.33. The van der Waals surface area contributed by atoms with E-state index in [1.165, 1.54) is 0 Å². The number of carbonyl (C=O) groups is 2. The standard InChI is InChI=1S/C25H27N3O4/c1-2-31-14-7-13-28-23(21-11-3-4-12-22(21)25(28)30)27-19-9-5-8-18(16-19)24(29)26-17-20-10-6-15-32-20/h3-6,8-12,15-16,23,27H,2,7,13-14,17H2,1H3,(H,26,29). The minimum Gasteiger partial charge on any atom is -0.467 e. The number of fused-ring (bicyclic) bond motifs is 1. The van der Waals surface area contributed by atoms with E-state index in [0.29, 0.717) is 43.2 Å². The molecule has 166 valence electrons. The number of anilines is 1. The van der Waals surface area contributed by atoms with Gasteiger partial charge in [-0.25, -0.2) is 0 Å². The zero-order valence-corrected chi connectivity index (χ0v) is 18.0. The van der Waals surface area contributed by atoms with Gasteiger partial charge in [-0.05, 0) is 49.7 Å². The number of nitrogens with zero attached hydrogens (tertiary/aromatic N) is 1. The number of hydrogen-bond acceptors (Lipinski definition) is 5. The first-order valence-corrected chi connectivity index (χ1v) is 10.8. The SMILES string of the molecule is CCOCCCN1C(=O)c2ccccc2C1Nc1cccc(C(=O)NCc2ccco2)c1. The molecule has 0 saturated carbocycles. The monoisotopic (exact) mass is 433 g/mol. The molecule has 2 heterocycles. The fourth-order valence-electron chi connectivity index (χ4n) is 3.83. The second-order valence-electron chi connectivity index (χ2n) is 7.53. The summed E-state index contributed by atoms with van der Waals surface area (Å²) in [4.78, 5) is 27.4. The summed E-state index contributed by atoms with van der Waals surface area (Å²) in [6.45, 7) is 4.12. The van der Waals surface area contributed by atoms with Crippen molar-refractivity contribution in [2.45, 2.75) is 26.1 Å². The number of furan rings is 1. The van der Waals surface area contributed by atoms with Crippen molar-refractivity contribution < 1.29 is 18.7 Å². The topological polar surface area (TPSA) is 83.8 Å². The number of nitrogens with one attached hydrogen (secondary N) is 2. The van der Waals surface area contributed by atoms with E-state index in [4.69, 9.17) is 9.15 Å². The van der Waals surface area contributed by atoms with Crippen LogP contribution in [0.25, 0.3) is 0 Å². The molecule has 0 bridgehead atoms. The van der Waals surface area contributed by atoms with E-state index in [-0.39, 0.29) is 18.0 Å². The number of hydrogen-bond donors (Lipinski definition) is 2. The predicted octanol–water partition coefficient (Wildman–Crippen LogP) is 4.20. The minimum atomic E-state index is -0.304. The molecular weight excluding hydrogens is 406 g/mol. The Morgan fingerprint density at radius 1 is 1.12 bits per heavy atom. The Morgan fingerprint density at radius 3 is 2.81 bits per heavy atom. The van der Waals surface area contributed by atoms with Crippen molar-refractivity contribution in [2.24, 2.45) is 0 Å². The van der Waals surface area contributed by atoms with Gasteiger partial charge in [-0.1, -0.05) is 24.3 Å². The van der Waals surface area contributed by atoms with Gasteiger partial charge in [0.15, 0.2) is 0 Å². The molecule has 1 unspecified atom stereocenters. The van der Waals surface area contributed by atoms with Crippen molar-refractivity contribution in [3.8, 4) is 0 Å². The van der Waals surface area contributed by atoms with Crippen LogP contribution in [0.15, 0.2) is 71.3 Å². The van der Waals surface area contributed by atoms with Crippen LogP contribution >= 0.6 is 0 Å². The average molecular weight is 434 g/mol.